The van der Waals surface area contributed by atoms with Crippen molar-refractivity contribution in [2.24, 2.45) is 35.5 Å². The summed E-state index contributed by atoms with van der Waals surface area (Å²) < 4.78 is 6.68. The van der Waals surface area contributed by atoms with Crippen LogP contribution in [-0.2, 0) is 9.53 Å². The maximum absolute atomic E-state index is 13.2. The van der Waals surface area contributed by atoms with E-state index in [2.05, 4.69) is 4.90 Å². The maximum atomic E-state index is 13.2. The number of hydrogen-bond donors (Lipinski definition) is 1. The van der Waals surface area contributed by atoms with Gasteiger partial charge in [0.2, 0.25) is 5.91 Å². The van der Waals surface area contributed by atoms with Crippen LogP contribution >= 0.6 is 0 Å². The van der Waals surface area contributed by atoms with Gasteiger partial charge < -0.3 is 14.7 Å². The lowest BCUT2D eigenvalue weighted by Crippen LogP contribution is -2.55. The van der Waals surface area contributed by atoms with E-state index in [4.69, 9.17) is 4.74 Å². The van der Waals surface area contributed by atoms with Crippen molar-refractivity contribution in [1.82, 2.24) is 4.90 Å². The zero-order valence-corrected chi connectivity index (χ0v) is 13.0. The number of aliphatic hydroxyl groups excluding tert-OH is 1. The van der Waals surface area contributed by atoms with Crippen LogP contribution in [0.2, 0.25) is 0 Å². The van der Waals surface area contributed by atoms with E-state index in [1.165, 1.54) is 38.5 Å². The predicted molar refractivity (Wildman–Crippen MR) is 78.6 cm³/mol. The standard InChI is InChI=1S/C18H25NO3/c20-15-11-7-12-14-13(11)17(21)19(8-9-5-6-9)18(14,22-16(12)15)10-3-1-2-4-10/h9-16,20H,1-8H2. The van der Waals surface area contributed by atoms with E-state index in [1.807, 2.05) is 0 Å². The first-order chi connectivity index (χ1) is 10.7. The second-order valence-electron chi connectivity index (χ2n) is 8.81. The molecule has 1 amide bonds. The van der Waals surface area contributed by atoms with Crippen LogP contribution in [0.15, 0.2) is 0 Å². The number of nitrogens with zero attached hydrogens (tertiary/aromatic N) is 1. The first kappa shape index (κ1) is 12.8. The number of likely N-dealkylation sites (tertiary alicyclic amines) is 1. The summed E-state index contributed by atoms with van der Waals surface area (Å²) in [5.74, 6) is 2.64. The summed E-state index contributed by atoms with van der Waals surface area (Å²) in [7, 11) is 0. The molecule has 22 heavy (non-hydrogen) atoms. The molecule has 6 rings (SSSR count). The molecule has 0 spiro atoms. The Morgan fingerprint density at radius 3 is 2.68 bits per heavy atom. The van der Waals surface area contributed by atoms with E-state index in [0.717, 1.165) is 13.0 Å². The van der Waals surface area contributed by atoms with Crippen molar-refractivity contribution < 1.29 is 14.6 Å². The van der Waals surface area contributed by atoms with Crippen LogP contribution in [0.5, 0.6) is 0 Å². The Bertz CT molecular complexity index is 540. The summed E-state index contributed by atoms with van der Waals surface area (Å²) in [6.07, 6.45) is 8.18. The number of hydrogen-bond acceptors (Lipinski definition) is 3. The number of rotatable bonds is 3. The zero-order valence-electron chi connectivity index (χ0n) is 13.0. The number of amides is 1. The Hall–Kier alpha value is -0.610. The van der Waals surface area contributed by atoms with Gasteiger partial charge in [-0.1, -0.05) is 12.8 Å². The van der Waals surface area contributed by atoms with Crippen LogP contribution in [0.25, 0.3) is 0 Å². The molecule has 4 saturated carbocycles. The van der Waals surface area contributed by atoms with Gasteiger partial charge in [0, 0.05) is 18.4 Å². The van der Waals surface area contributed by atoms with Crippen molar-refractivity contribution in [2.45, 2.75) is 62.9 Å². The fourth-order valence-electron chi connectivity index (χ4n) is 7.00. The molecule has 2 bridgehead atoms. The molecule has 2 heterocycles. The fourth-order valence-corrected chi connectivity index (χ4v) is 7.00. The Morgan fingerprint density at radius 2 is 1.95 bits per heavy atom. The molecule has 6 fully saturated rings. The third-order valence-corrected chi connectivity index (χ3v) is 7.90. The summed E-state index contributed by atoms with van der Waals surface area (Å²) in [4.78, 5) is 15.4. The molecule has 0 aromatic carbocycles. The van der Waals surface area contributed by atoms with Crippen molar-refractivity contribution in [1.29, 1.82) is 0 Å². The molecule has 4 aliphatic carbocycles. The number of ether oxygens (including phenoxy) is 1. The molecule has 6 aliphatic rings. The van der Waals surface area contributed by atoms with Crippen LogP contribution < -0.4 is 0 Å². The molecule has 7 atom stereocenters. The van der Waals surface area contributed by atoms with Crippen LogP contribution in [0, 0.1) is 35.5 Å². The van der Waals surface area contributed by atoms with Gasteiger partial charge in [-0.15, -0.1) is 0 Å². The second kappa shape index (κ2) is 3.89. The zero-order chi connectivity index (χ0) is 14.6. The van der Waals surface area contributed by atoms with E-state index in [1.54, 1.807) is 0 Å². The molecule has 2 saturated heterocycles. The van der Waals surface area contributed by atoms with E-state index < -0.39 is 0 Å². The number of carbonyl (C=O) groups is 1. The van der Waals surface area contributed by atoms with Gasteiger partial charge in [-0.05, 0) is 49.9 Å². The molecular formula is C18H25NO3. The minimum absolute atomic E-state index is 0.0154. The summed E-state index contributed by atoms with van der Waals surface area (Å²) in [5.41, 5.74) is -0.331. The van der Waals surface area contributed by atoms with E-state index in [-0.39, 0.29) is 29.8 Å². The smallest absolute Gasteiger partial charge is 0.228 e. The molecule has 2 aliphatic heterocycles. The normalized spacial score (nSPS) is 55.9. The van der Waals surface area contributed by atoms with Crippen LogP contribution in [0.3, 0.4) is 0 Å². The van der Waals surface area contributed by atoms with Gasteiger partial charge in [0.25, 0.3) is 0 Å². The van der Waals surface area contributed by atoms with Crippen molar-refractivity contribution in [3.63, 3.8) is 0 Å². The third kappa shape index (κ3) is 1.25. The molecular weight excluding hydrogens is 278 g/mol. The summed E-state index contributed by atoms with van der Waals surface area (Å²) in [6.45, 7) is 0.921. The molecule has 0 radical (unpaired) electrons. The van der Waals surface area contributed by atoms with Crippen molar-refractivity contribution in [3.8, 4) is 0 Å². The Morgan fingerprint density at radius 1 is 1.18 bits per heavy atom. The summed E-state index contributed by atoms with van der Waals surface area (Å²) >= 11 is 0. The largest absolute Gasteiger partial charge is 0.390 e. The van der Waals surface area contributed by atoms with Crippen molar-refractivity contribution >= 4 is 5.91 Å². The average molecular weight is 303 g/mol. The minimum Gasteiger partial charge on any atom is -0.390 e. The Balaban J connectivity index is 1.48. The van der Waals surface area contributed by atoms with Gasteiger partial charge in [-0.2, -0.15) is 0 Å². The van der Waals surface area contributed by atoms with Gasteiger partial charge in [-0.3, -0.25) is 4.79 Å². The lowest BCUT2D eigenvalue weighted by molar-refractivity contribution is -0.197. The highest BCUT2D eigenvalue weighted by Crippen LogP contribution is 2.70. The van der Waals surface area contributed by atoms with E-state index in [9.17, 15) is 9.90 Å². The van der Waals surface area contributed by atoms with Crippen LogP contribution in [-0.4, -0.2) is 40.4 Å². The first-order valence-corrected chi connectivity index (χ1v) is 9.39. The molecule has 7 unspecified atom stereocenters. The molecule has 4 nitrogen and oxygen atoms in total. The van der Waals surface area contributed by atoms with Gasteiger partial charge >= 0.3 is 0 Å². The number of carbonyl (C=O) groups excluding carboxylic acids is 1. The highest BCUT2D eigenvalue weighted by atomic mass is 16.6. The number of aliphatic hydroxyl groups is 1. The summed E-state index contributed by atoms with van der Waals surface area (Å²) in [5, 5.41) is 10.6. The van der Waals surface area contributed by atoms with Gasteiger partial charge in [-0.25, -0.2) is 0 Å². The second-order valence-corrected chi connectivity index (χ2v) is 8.81. The Labute approximate surface area is 131 Å². The van der Waals surface area contributed by atoms with Crippen LogP contribution in [0.4, 0.5) is 0 Å². The van der Waals surface area contributed by atoms with Crippen LogP contribution in [0.1, 0.15) is 44.9 Å². The lowest BCUT2D eigenvalue weighted by atomic mass is 9.73. The van der Waals surface area contributed by atoms with Gasteiger partial charge in [0.15, 0.2) is 5.72 Å². The lowest BCUT2D eigenvalue weighted by Gasteiger charge is -2.43. The predicted octanol–water partition coefficient (Wildman–Crippen LogP) is 1.77. The van der Waals surface area contributed by atoms with E-state index in [0.29, 0.717) is 29.6 Å². The SMILES string of the molecule is O=C1C2C3CC4C(OC(C5CCCC5)(C42)N1CC1CC1)C3O. The monoisotopic (exact) mass is 303 g/mol. The fraction of sp³-hybridized carbons (Fsp3) is 0.944. The van der Waals surface area contributed by atoms with Gasteiger partial charge in [0.05, 0.1) is 18.1 Å². The third-order valence-electron chi connectivity index (χ3n) is 7.90. The molecule has 4 heteroatoms. The quantitative estimate of drug-likeness (QED) is 0.864. The highest BCUT2D eigenvalue weighted by Gasteiger charge is 2.79. The molecule has 0 aromatic rings. The maximum Gasteiger partial charge on any atom is 0.228 e. The first-order valence-electron chi connectivity index (χ1n) is 9.39. The van der Waals surface area contributed by atoms with Crippen molar-refractivity contribution in [3.05, 3.63) is 0 Å². The molecule has 0 aromatic heterocycles. The molecule has 120 valence electrons. The average Bonchev–Trinajstić information content (AvgIpc) is 2.89. The Kier molecular flexibility index (Phi) is 2.26. The highest BCUT2D eigenvalue weighted by molar-refractivity contribution is 5.84. The van der Waals surface area contributed by atoms with E-state index >= 15 is 0 Å². The number of fused-ring (bicyclic) bond motifs is 2. The van der Waals surface area contributed by atoms with Gasteiger partial charge in [0.1, 0.15) is 0 Å². The summed E-state index contributed by atoms with van der Waals surface area (Å²) in [6, 6.07) is 0. The molecule has 1 N–H and O–H groups in total. The van der Waals surface area contributed by atoms with Crippen molar-refractivity contribution in [2.75, 3.05) is 6.54 Å². The minimum atomic E-state index is -0.387. The topological polar surface area (TPSA) is 49.8 Å².